The Morgan fingerprint density at radius 3 is 2.60 bits per heavy atom. The molecule has 0 unspecified atom stereocenters. The largest absolute Gasteiger partial charge is 0.451 e. The zero-order chi connectivity index (χ0) is 20.9. The average Bonchev–Trinajstić information content (AvgIpc) is 3.03. The predicted octanol–water partition coefficient (Wildman–Crippen LogP) is 2.76. The molecule has 4 heterocycles. The van der Waals surface area contributed by atoms with E-state index in [9.17, 15) is 18.0 Å². The number of carbonyl (C=O) groups excluding carboxylic acids is 1. The van der Waals surface area contributed by atoms with Gasteiger partial charge < -0.3 is 4.90 Å². The zero-order valence-electron chi connectivity index (χ0n) is 16.6. The number of thiophene rings is 1. The molecule has 0 bridgehead atoms. The third-order valence-electron chi connectivity index (χ3n) is 6.55. The van der Waals surface area contributed by atoms with Crippen LogP contribution in [0, 0.1) is 0 Å². The van der Waals surface area contributed by atoms with E-state index in [1.54, 1.807) is 0 Å². The van der Waals surface area contributed by atoms with Crippen LogP contribution in [0.4, 0.5) is 13.2 Å². The number of rotatable bonds is 3. The summed E-state index contributed by atoms with van der Waals surface area (Å²) in [6.07, 6.45) is 1.35. The first-order chi connectivity index (χ1) is 14.4. The number of fused-ring (bicyclic) bond motifs is 3. The van der Waals surface area contributed by atoms with E-state index < -0.39 is 12.0 Å². The molecule has 6 nitrogen and oxygen atoms in total. The zero-order valence-corrected chi connectivity index (χ0v) is 17.4. The Labute approximate surface area is 176 Å². The van der Waals surface area contributed by atoms with Gasteiger partial charge in [0, 0.05) is 61.8 Å². The van der Waals surface area contributed by atoms with Crippen molar-refractivity contribution in [3.05, 3.63) is 22.5 Å². The lowest BCUT2D eigenvalue weighted by molar-refractivity contribution is -0.144. The first-order valence-corrected chi connectivity index (χ1v) is 11.3. The second kappa shape index (κ2) is 7.72. The molecule has 30 heavy (non-hydrogen) atoms. The van der Waals surface area contributed by atoms with Crippen LogP contribution < -0.4 is 0 Å². The van der Waals surface area contributed by atoms with Crippen molar-refractivity contribution in [3.63, 3.8) is 0 Å². The quantitative estimate of drug-likeness (QED) is 0.736. The van der Waals surface area contributed by atoms with E-state index in [0.717, 1.165) is 42.7 Å². The lowest BCUT2D eigenvalue weighted by Crippen LogP contribution is -2.55. The molecule has 2 aliphatic heterocycles. The minimum atomic E-state index is -4.54. The first kappa shape index (κ1) is 20.1. The van der Waals surface area contributed by atoms with Gasteiger partial charge in [0.2, 0.25) is 11.7 Å². The van der Waals surface area contributed by atoms with Crippen LogP contribution in [0.3, 0.4) is 0 Å². The van der Waals surface area contributed by atoms with Gasteiger partial charge in [-0.3, -0.25) is 14.6 Å². The summed E-state index contributed by atoms with van der Waals surface area (Å²) in [5.74, 6) is -0.950. The van der Waals surface area contributed by atoms with E-state index in [-0.39, 0.29) is 5.91 Å². The Balaban J connectivity index is 1.22. The number of hydrogen-bond donors (Lipinski definition) is 0. The van der Waals surface area contributed by atoms with Crippen LogP contribution in [0.1, 0.15) is 35.5 Å². The van der Waals surface area contributed by atoms with E-state index in [4.69, 9.17) is 0 Å². The smallest absolute Gasteiger partial charge is 0.339 e. The second-order valence-corrected chi connectivity index (χ2v) is 9.46. The van der Waals surface area contributed by atoms with Crippen molar-refractivity contribution in [1.29, 1.82) is 0 Å². The molecular formula is C20H24F3N5OS. The van der Waals surface area contributed by atoms with Crippen LogP contribution in [0.5, 0.6) is 0 Å². The van der Waals surface area contributed by atoms with Gasteiger partial charge in [-0.05, 0) is 24.8 Å². The van der Waals surface area contributed by atoms with E-state index in [1.807, 2.05) is 4.90 Å². The molecule has 0 atom stereocenters. The standard InChI is InChI=1S/C20H24F3N5OS/c21-20(22,23)19-24-10-15-14-4-5-26(11-16(14)30-18(15)25-19)12-17(29)28-8-6-27(7-9-28)13-2-1-3-13/h10,13H,1-9,11-12H2. The van der Waals surface area contributed by atoms with Gasteiger partial charge in [0.1, 0.15) is 4.83 Å². The summed E-state index contributed by atoms with van der Waals surface area (Å²) in [5.41, 5.74) is 1.03. The van der Waals surface area contributed by atoms with E-state index in [0.29, 0.717) is 36.3 Å². The molecule has 2 aromatic heterocycles. The Morgan fingerprint density at radius 1 is 1.17 bits per heavy atom. The molecule has 3 aliphatic rings. The lowest BCUT2D eigenvalue weighted by Gasteiger charge is -2.43. The van der Waals surface area contributed by atoms with Crippen LogP contribution in [-0.4, -0.2) is 75.9 Å². The van der Waals surface area contributed by atoms with Gasteiger partial charge in [0.25, 0.3) is 0 Å². The Hall–Kier alpha value is -1.78. The maximum Gasteiger partial charge on any atom is 0.451 e. The molecule has 1 saturated carbocycles. The molecule has 10 heteroatoms. The van der Waals surface area contributed by atoms with Gasteiger partial charge in [0.05, 0.1) is 6.54 Å². The van der Waals surface area contributed by atoms with Crippen molar-refractivity contribution in [2.24, 2.45) is 0 Å². The molecule has 162 valence electrons. The Morgan fingerprint density at radius 2 is 1.93 bits per heavy atom. The number of nitrogens with zero attached hydrogens (tertiary/aromatic N) is 5. The molecule has 1 saturated heterocycles. The molecule has 0 N–H and O–H groups in total. The van der Waals surface area contributed by atoms with E-state index in [2.05, 4.69) is 19.8 Å². The molecule has 1 aliphatic carbocycles. The van der Waals surface area contributed by atoms with Crippen LogP contribution in [0.2, 0.25) is 0 Å². The van der Waals surface area contributed by atoms with Gasteiger partial charge in [0.15, 0.2) is 0 Å². The van der Waals surface area contributed by atoms with Crippen molar-refractivity contribution in [2.45, 2.75) is 44.4 Å². The number of aromatic nitrogens is 2. The third kappa shape index (κ3) is 3.80. The monoisotopic (exact) mass is 439 g/mol. The predicted molar refractivity (Wildman–Crippen MR) is 107 cm³/mol. The summed E-state index contributed by atoms with van der Waals surface area (Å²) in [5, 5.41) is 0.709. The number of halogens is 3. The summed E-state index contributed by atoms with van der Waals surface area (Å²) in [6, 6.07) is 0.719. The number of hydrogen-bond acceptors (Lipinski definition) is 6. The van der Waals surface area contributed by atoms with Crippen LogP contribution in [0.25, 0.3) is 10.2 Å². The normalized spacial score (nSPS) is 21.6. The van der Waals surface area contributed by atoms with Gasteiger partial charge >= 0.3 is 6.18 Å². The fourth-order valence-electron chi connectivity index (χ4n) is 4.58. The number of carbonyl (C=O) groups is 1. The van der Waals surface area contributed by atoms with E-state index in [1.165, 1.54) is 36.8 Å². The van der Waals surface area contributed by atoms with Crippen LogP contribution in [-0.2, 0) is 23.9 Å². The van der Waals surface area contributed by atoms with Gasteiger partial charge in [-0.25, -0.2) is 9.97 Å². The van der Waals surface area contributed by atoms with Crippen molar-refractivity contribution < 1.29 is 18.0 Å². The van der Waals surface area contributed by atoms with Crippen molar-refractivity contribution in [2.75, 3.05) is 39.3 Å². The minimum Gasteiger partial charge on any atom is -0.339 e. The number of amides is 1. The molecule has 2 aromatic rings. The fraction of sp³-hybridized carbons (Fsp3) is 0.650. The number of piperazine rings is 1. The van der Waals surface area contributed by atoms with E-state index >= 15 is 0 Å². The summed E-state index contributed by atoms with van der Waals surface area (Å²) in [4.78, 5) is 28.0. The summed E-state index contributed by atoms with van der Waals surface area (Å²) in [6.45, 7) is 5.13. The molecular weight excluding hydrogens is 415 g/mol. The highest BCUT2D eigenvalue weighted by Gasteiger charge is 2.36. The van der Waals surface area contributed by atoms with Crippen LogP contribution in [0.15, 0.2) is 6.20 Å². The maximum atomic E-state index is 12.9. The first-order valence-electron chi connectivity index (χ1n) is 10.5. The summed E-state index contributed by atoms with van der Waals surface area (Å²) < 4.78 is 38.7. The van der Waals surface area contributed by atoms with Crippen molar-refractivity contribution >= 4 is 27.5 Å². The molecule has 2 fully saturated rings. The SMILES string of the molecule is O=C(CN1CCc2c(sc3nc(C(F)(F)F)ncc23)C1)N1CCN(C2CCC2)CC1. The van der Waals surface area contributed by atoms with Crippen molar-refractivity contribution in [3.8, 4) is 0 Å². The minimum absolute atomic E-state index is 0.145. The molecule has 1 amide bonds. The van der Waals surface area contributed by atoms with Crippen LogP contribution >= 0.6 is 11.3 Å². The summed E-state index contributed by atoms with van der Waals surface area (Å²) in [7, 11) is 0. The lowest BCUT2D eigenvalue weighted by atomic mass is 9.91. The highest BCUT2D eigenvalue weighted by molar-refractivity contribution is 7.18. The molecule has 0 radical (unpaired) electrons. The highest BCUT2D eigenvalue weighted by atomic mass is 32.1. The molecule has 0 aromatic carbocycles. The average molecular weight is 440 g/mol. The Bertz CT molecular complexity index is 950. The number of alkyl halides is 3. The van der Waals surface area contributed by atoms with Gasteiger partial charge in [-0.15, -0.1) is 11.3 Å². The molecule has 0 spiro atoms. The van der Waals surface area contributed by atoms with Gasteiger partial charge in [-0.2, -0.15) is 13.2 Å². The van der Waals surface area contributed by atoms with Gasteiger partial charge in [-0.1, -0.05) is 6.42 Å². The van der Waals surface area contributed by atoms with Crippen molar-refractivity contribution in [1.82, 2.24) is 24.7 Å². The maximum absolute atomic E-state index is 12.9. The third-order valence-corrected chi connectivity index (χ3v) is 7.68. The topological polar surface area (TPSA) is 52.6 Å². The second-order valence-electron chi connectivity index (χ2n) is 8.38. The Kier molecular flexibility index (Phi) is 5.19. The fourth-order valence-corrected chi connectivity index (χ4v) is 5.82. The summed E-state index contributed by atoms with van der Waals surface area (Å²) >= 11 is 1.28. The highest BCUT2D eigenvalue weighted by Crippen LogP contribution is 2.36. The molecule has 5 rings (SSSR count).